The molecule has 0 saturated heterocycles. The topological polar surface area (TPSA) is 40.5 Å². The lowest BCUT2D eigenvalue weighted by Crippen LogP contribution is -1.78. The van der Waals surface area contributed by atoms with Gasteiger partial charge in [-0.3, -0.25) is 0 Å². The van der Waals surface area contributed by atoms with Crippen LogP contribution in [0.3, 0.4) is 0 Å². The summed E-state index contributed by atoms with van der Waals surface area (Å²) in [4.78, 5) is 0. The smallest absolute Gasteiger partial charge is 0.135 e. The van der Waals surface area contributed by atoms with E-state index in [2.05, 4.69) is 15.9 Å². The van der Waals surface area contributed by atoms with Crippen molar-refractivity contribution in [2.24, 2.45) is 0 Å². The number of hydrogen-bond acceptors (Lipinski definition) is 2. The van der Waals surface area contributed by atoms with E-state index in [0.29, 0.717) is 10.0 Å². The number of hydrogen-bond donors (Lipinski definition) is 2. The van der Waals surface area contributed by atoms with Gasteiger partial charge in [-0.1, -0.05) is 11.6 Å². The highest BCUT2D eigenvalue weighted by atomic mass is 79.9. The molecule has 2 N–H and O–H groups in total. The molecular formula is C7H6BrClO2. The van der Waals surface area contributed by atoms with Gasteiger partial charge in [-0.2, -0.15) is 0 Å². The predicted molar refractivity (Wildman–Crippen MR) is 47.2 cm³/mol. The maximum absolute atomic E-state index is 9.27. The SMILES string of the molecule is Cc1cc(O)c(Cl)c(Br)c1O. The van der Waals surface area contributed by atoms with Crippen molar-refractivity contribution >= 4 is 27.5 Å². The highest BCUT2D eigenvalue weighted by Gasteiger charge is 2.10. The van der Waals surface area contributed by atoms with Crippen molar-refractivity contribution in [3.63, 3.8) is 0 Å². The van der Waals surface area contributed by atoms with E-state index in [-0.39, 0.29) is 16.5 Å². The second-order valence-corrected chi connectivity index (χ2v) is 3.36. The number of aryl methyl sites for hydroxylation is 1. The molecule has 2 nitrogen and oxygen atoms in total. The number of phenolic OH excluding ortho intramolecular Hbond substituents is 2. The summed E-state index contributed by atoms with van der Waals surface area (Å²) in [5, 5.41) is 18.5. The first kappa shape index (κ1) is 8.68. The lowest BCUT2D eigenvalue weighted by atomic mass is 10.2. The molecule has 1 aromatic carbocycles. The van der Waals surface area contributed by atoms with Crippen LogP contribution in [0.15, 0.2) is 10.5 Å². The molecule has 0 saturated carbocycles. The van der Waals surface area contributed by atoms with Crippen molar-refractivity contribution in [1.29, 1.82) is 0 Å². The van der Waals surface area contributed by atoms with Crippen LogP contribution in [0.1, 0.15) is 5.56 Å². The number of phenols is 2. The van der Waals surface area contributed by atoms with Crippen LogP contribution < -0.4 is 0 Å². The minimum atomic E-state index is -0.0335. The summed E-state index contributed by atoms with van der Waals surface area (Å²) >= 11 is 8.64. The molecular weight excluding hydrogens is 231 g/mol. The van der Waals surface area contributed by atoms with Gasteiger partial charge in [-0.05, 0) is 34.5 Å². The minimum Gasteiger partial charge on any atom is -0.506 e. The molecule has 60 valence electrons. The van der Waals surface area contributed by atoms with E-state index in [9.17, 15) is 5.11 Å². The van der Waals surface area contributed by atoms with Crippen molar-refractivity contribution in [3.05, 3.63) is 21.1 Å². The Morgan fingerprint density at radius 3 is 2.55 bits per heavy atom. The zero-order valence-corrected chi connectivity index (χ0v) is 8.07. The summed E-state index contributed by atoms with van der Waals surface area (Å²) in [6.07, 6.45) is 0. The van der Waals surface area contributed by atoms with E-state index in [0.717, 1.165) is 0 Å². The molecule has 0 aliphatic carbocycles. The Labute approximate surface area is 77.6 Å². The van der Waals surface area contributed by atoms with Crippen molar-refractivity contribution in [1.82, 2.24) is 0 Å². The molecule has 4 heteroatoms. The fraction of sp³-hybridized carbons (Fsp3) is 0.143. The summed E-state index contributed by atoms with van der Waals surface area (Å²) < 4.78 is 0.330. The Hall–Kier alpha value is -0.410. The largest absolute Gasteiger partial charge is 0.506 e. The van der Waals surface area contributed by atoms with E-state index in [1.165, 1.54) is 6.07 Å². The van der Waals surface area contributed by atoms with Crippen LogP contribution >= 0.6 is 27.5 Å². The van der Waals surface area contributed by atoms with Gasteiger partial charge in [0, 0.05) is 0 Å². The van der Waals surface area contributed by atoms with Crippen molar-refractivity contribution in [3.8, 4) is 11.5 Å². The van der Waals surface area contributed by atoms with Gasteiger partial charge in [-0.25, -0.2) is 0 Å². The third-order valence-corrected chi connectivity index (χ3v) is 2.74. The quantitative estimate of drug-likeness (QED) is 0.681. The molecule has 0 radical (unpaired) electrons. The van der Waals surface area contributed by atoms with Crippen LogP contribution in [0.2, 0.25) is 5.02 Å². The monoisotopic (exact) mass is 236 g/mol. The van der Waals surface area contributed by atoms with E-state index in [4.69, 9.17) is 16.7 Å². The van der Waals surface area contributed by atoms with Gasteiger partial charge < -0.3 is 10.2 Å². The van der Waals surface area contributed by atoms with Crippen molar-refractivity contribution < 1.29 is 10.2 Å². The molecule has 0 aromatic heterocycles. The lowest BCUT2D eigenvalue weighted by Gasteiger charge is -2.04. The van der Waals surface area contributed by atoms with Gasteiger partial charge in [0.1, 0.15) is 16.5 Å². The molecule has 1 rings (SSSR count). The molecule has 0 unspecified atom stereocenters. The summed E-state index contributed by atoms with van der Waals surface area (Å²) in [6.45, 7) is 1.68. The Morgan fingerprint density at radius 1 is 1.45 bits per heavy atom. The van der Waals surface area contributed by atoms with Gasteiger partial charge in [0.2, 0.25) is 0 Å². The zero-order chi connectivity index (χ0) is 8.59. The third-order valence-electron chi connectivity index (χ3n) is 1.35. The summed E-state index contributed by atoms with van der Waals surface area (Å²) in [5.41, 5.74) is 0.582. The van der Waals surface area contributed by atoms with Gasteiger partial charge in [0.15, 0.2) is 0 Å². The van der Waals surface area contributed by atoms with Crippen LogP contribution in [0, 0.1) is 6.92 Å². The number of halogens is 2. The molecule has 0 aliphatic heterocycles. The van der Waals surface area contributed by atoms with E-state index in [1.54, 1.807) is 6.92 Å². The lowest BCUT2D eigenvalue weighted by molar-refractivity contribution is 0.454. The Balaban J connectivity index is 3.46. The van der Waals surface area contributed by atoms with Gasteiger partial charge in [0.05, 0.1) is 4.47 Å². The molecule has 0 bridgehead atoms. The first-order valence-electron chi connectivity index (χ1n) is 2.90. The standard InChI is InChI=1S/C7H6BrClO2/c1-3-2-4(10)6(9)5(8)7(3)11/h2,10-11H,1H3. The van der Waals surface area contributed by atoms with Gasteiger partial charge in [0.25, 0.3) is 0 Å². The normalized spacial score (nSPS) is 10.1. The first-order chi connectivity index (χ1) is 5.04. The predicted octanol–water partition coefficient (Wildman–Crippen LogP) is 2.82. The fourth-order valence-corrected chi connectivity index (χ4v) is 1.39. The molecule has 0 aliphatic rings. The molecule has 0 amide bonds. The minimum absolute atomic E-state index is 0.0335. The Kier molecular flexibility index (Phi) is 2.30. The Bertz CT molecular complexity index is 273. The first-order valence-corrected chi connectivity index (χ1v) is 4.07. The van der Waals surface area contributed by atoms with E-state index in [1.807, 2.05) is 0 Å². The van der Waals surface area contributed by atoms with Crippen LogP contribution in [0.5, 0.6) is 11.5 Å². The van der Waals surface area contributed by atoms with Crippen LogP contribution in [-0.2, 0) is 0 Å². The zero-order valence-electron chi connectivity index (χ0n) is 5.73. The van der Waals surface area contributed by atoms with Gasteiger partial charge >= 0.3 is 0 Å². The molecule has 0 atom stereocenters. The third kappa shape index (κ3) is 1.44. The van der Waals surface area contributed by atoms with Crippen molar-refractivity contribution in [2.75, 3.05) is 0 Å². The molecule has 0 heterocycles. The maximum atomic E-state index is 9.27. The highest BCUT2D eigenvalue weighted by Crippen LogP contribution is 2.39. The second kappa shape index (κ2) is 2.91. The Morgan fingerprint density at radius 2 is 2.00 bits per heavy atom. The van der Waals surface area contributed by atoms with E-state index < -0.39 is 0 Å². The summed E-state index contributed by atoms with van der Waals surface area (Å²) in [6, 6.07) is 1.41. The summed E-state index contributed by atoms with van der Waals surface area (Å²) in [7, 11) is 0. The van der Waals surface area contributed by atoms with E-state index >= 15 is 0 Å². The second-order valence-electron chi connectivity index (χ2n) is 2.19. The molecule has 11 heavy (non-hydrogen) atoms. The molecule has 1 aromatic rings. The van der Waals surface area contributed by atoms with Crippen LogP contribution in [-0.4, -0.2) is 10.2 Å². The van der Waals surface area contributed by atoms with Crippen LogP contribution in [0.4, 0.5) is 0 Å². The average Bonchev–Trinajstić information content (AvgIpc) is 1.97. The van der Waals surface area contributed by atoms with Gasteiger partial charge in [-0.15, -0.1) is 0 Å². The van der Waals surface area contributed by atoms with Crippen LogP contribution in [0.25, 0.3) is 0 Å². The average molecular weight is 237 g/mol. The number of rotatable bonds is 0. The highest BCUT2D eigenvalue weighted by molar-refractivity contribution is 9.10. The van der Waals surface area contributed by atoms with Crippen molar-refractivity contribution in [2.45, 2.75) is 6.92 Å². The maximum Gasteiger partial charge on any atom is 0.135 e. The molecule has 0 fully saturated rings. The summed E-state index contributed by atoms with van der Waals surface area (Å²) in [5.74, 6) is 0.0293. The fourth-order valence-electron chi connectivity index (χ4n) is 0.726. The molecule has 0 spiro atoms. The number of benzene rings is 1. The number of aromatic hydroxyl groups is 2.